The third-order valence-electron chi connectivity index (χ3n) is 2.55. The van der Waals surface area contributed by atoms with Gasteiger partial charge in [0.15, 0.2) is 5.82 Å². The Labute approximate surface area is 87.8 Å². The zero-order chi connectivity index (χ0) is 10.8. The van der Waals surface area contributed by atoms with E-state index in [9.17, 15) is 5.11 Å². The highest BCUT2D eigenvalue weighted by atomic mass is 16.3. The van der Waals surface area contributed by atoms with E-state index in [2.05, 4.69) is 4.98 Å². The molecule has 15 heavy (non-hydrogen) atoms. The molecule has 1 aliphatic rings. The van der Waals surface area contributed by atoms with Gasteiger partial charge in [0, 0.05) is 19.3 Å². The third kappa shape index (κ3) is 1.72. The lowest BCUT2D eigenvalue weighted by Gasteiger charge is -2.18. The molecule has 0 saturated carbocycles. The summed E-state index contributed by atoms with van der Waals surface area (Å²) in [7, 11) is 0. The first-order chi connectivity index (χ1) is 7.22. The van der Waals surface area contributed by atoms with E-state index < -0.39 is 0 Å². The molecule has 1 aromatic rings. The molecule has 0 aromatic carbocycles. The van der Waals surface area contributed by atoms with Crippen LogP contribution in [0, 0.1) is 11.3 Å². The normalized spacial score (nSPS) is 20.3. The molecule has 0 spiro atoms. The average Bonchev–Trinajstić information content (AvgIpc) is 2.65. The summed E-state index contributed by atoms with van der Waals surface area (Å²) < 4.78 is 0. The zero-order valence-corrected chi connectivity index (χ0v) is 8.22. The lowest BCUT2D eigenvalue weighted by Crippen LogP contribution is -2.23. The quantitative estimate of drug-likeness (QED) is 0.678. The Balaban J connectivity index is 2.33. The topological polar surface area (TPSA) is 86.2 Å². The summed E-state index contributed by atoms with van der Waals surface area (Å²) in [6.07, 6.45) is 1.96. The van der Waals surface area contributed by atoms with Crippen LogP contribution in [0.4, 0.5) is 11.5 Å². The molecule has 0 bridgehead atoms. The average molecular weight is 204 g/mol. The van der Waals surface area contributed by atoms with Crippen molar-refractivity contribution in [2.45, 2.75) is 12.5 Å². The van der Waals surface area contributed by atoms with Crippen molar-refractivity contribution in [3.63, 3.8) is 0 Å². The summed E-state index contributed by atoms with van der Waals surface area (Å²) in [6.45, 7) is 1.26. The monoisotopic (exact) mass is 204 g/mol. The maximum atomic E-state index is 9.40. The Morgan fingerprint density at radius 1 is 1.67 bits per heavy atom. The van der Waals surface area contributed by atoms with Crippen LogP contribution in [0.1, 0.15) is 12.0 Å². The van der Waals surface area contributed by atoms with E-state index in [1.807, 2.05) is 11.0 Å². The van der Waals surface area contributed by atoms with Gasteiger partial charge in [-0.2, -0.15) is 5.26 Å². The molecule has 3 N–H and O–H groups in total. The van der Waals surface area contributed by atoms with Crippen molar-refractivity contribution >= 4 is 11.5 Å². The summed E-state index contributed by atoms with van der Waals surface area (Å²) in [5.74, 6) is 0.602. The van der Waals surface area contributed by atoms with E-state index in [0.717, 1.165) is 13.0 Å². The van der Waals surface area contributed by atoms with E-state index in [-0.39, 0.29) is 6.10 Å². The predicted octanol–water partition coefficient (Wildman–Crippen LogP) is 0.106. The molecule has 1 unspecified atom stereocenters. The van der Waals surface area contributed by atoms with Crippen LogP contribution >= 0.6 is 0 Å². The second-order valence-electron chi connectivity index (χ2n) is 3.60. The number of pyridine rings is 1. The van der Waals surface area contributed by atoms with Crippen molar-refractivity contribution < 1.29 is 5.11 Å². The molecular weight excluding hydrogens is 192 g/mol. The van der Waals surface area contributed by atoms with Gasteiger partial charge in [-0.3, -0.25) is 0 Å². The highest BCUT2D eigenvalue weighted by Gasteiger charge is 2.23. The van der Waals surface area contributed by atoms with Gasteiger partial charge in [0.25, 0.3) is 0 Å². The van der Waals surface area contributed by atoms with Crippen LogP contribution in [0.3, 0.4) is 0 Å². The van der Waals surface area contributed by atoms with Gasteiger partial charge in [-0.15, -0.1) is 0 Å². The number of nitrogen functional groups attached to an aromatic ring is 1. The smallest absolute Gasteiger partial charge is 0.153 e. The van der Waals surface area contributed by atoms with Crippen LogP contribution in [-0.2, 0) is 0 Å². The first-order valence-corrected chi connectivity index (χ1v) is 4.80. The van der Waals surface area contributed by atoms with Crippen molar-refractivity contribution in [3.05, 3.63) is 17.8 Å². The summed E-state index contributed by atoms with van der Waals surface area (Å²) >= 11 is 0. The van der Waals surface area contributed by atoms with E-state index >= 15 is 0 Å². The predicted molar refractivity (Wildman–Crippen MR) is 56.2 cm³/mol. The standard InChI is InChI=1S/C10H12N4O/c11-5-7-1-3-13-10(9(7)12)14-4-2-8(15)6-14/h1,3,8,15H,2,4,6,12H2. The Bertz CT molecular complexity index is 412. The molecule has 5 heteroatoms. The van der Waals surface area contributed by atoms with Crippen molar-refractivity contribution in [1.82, 2.24) is 4.98 Å². The molecule has 1 aliphatic heterocycles. The van der Waals surface area contributed by atoms with Gasteiger partial charge in [-0.05, 0) is 12.5 Å². The van der Waals surface area contributed by atoms with Crippen molar-refractivity contribution in [1.29, 1.82) is 5.26 Å². The number of aromatic nitrogens is 1. The number of aliphatic hydroxyl groups excluding tert-OH is 1. The fraction of sp³-hybridized carbons (Fsp3) is 0.400. The number of aliphatic hydroxyl groups is 1. The van der Waals surface area contributed by atoms with Crippen molar-refractivity contribution in [2.24, 2.45) is 0 Å². The van der Waals surface area contributed by atoms with Crippen LogP contribution in [0.2, 0.25) is 0 Å². The fourth-order valence-corrected chi connectivity index (χ4v) is 1.75. The largest absolute Gasteiger partial charge is 0.395 e. The lowest BCUT2D eigenvalue weighted by atomic mass is 10.2. The van der Waals surface area contributed by atoms with Crippen LogP contribution in [-0.4, -0.2) is 29.3 Å². The Hall–Kier alpha value is -1.80. The number of hydrogen-bond acceptors (Lipinski definition) is 5. The number of nitrogens with two attached hydrogens (primary N) is 1. The summed E-state index contributed by atoms with van der Waals surface area (Å²) in [4.78, 5) is 6.05. The van der Waals surface area contributed by atoms with Gasteiger partial charge in [0.05, 0.1) is 17.4 Å². The molecule has 2 heterocycles. The minimum Gasteiger partial charge on any atom is -0.395 e. The van der Waals surface area contributed by atoms with E-state index in [1.165, 1.54) is 0 Å². The number of nitriles is 1. The first kappa shape index (κ1) is 9.74. The second kappa shape index (κ2) is 3.75. The van der Waals surface area contributed by atoms with Crippen LogP contribution < -0.4 is 10.6 Å². The van der Waals surface area contributed by atoms with E-state index in [1.54, 1.807) is 12.3 Å². The molecule has 1 saturated heterocycles. The minimum atomic E-state index is -0.322. The van der Waals surface area contributed by atoms with Crippen LogP contribution in [0.25, 0.3) is 0 Å². The molecule has 2 rings (SSSR count). The Kier molecular flexibility index (Phi) is 2.44. The second-order valence-corrected chi connectivity index (χ2v) is 3.60. The molecule has 1 atom stereocenters. The lowest BCUT2D eigenvalue weighted by molar-refractivity contribution is 0.198. The summed E-state index contributed by atoms with van der Waals surface area (Å²) in [6, 6.07) is 3.60. The SMILES string of the molecule is N#Cc1ccnc(N2CCC(O)C2)c1N. The fourth-order valence-electron chi connectivity index (χ4n) is 1.75. The number of β-amino-alcohol motifs (C(OH)–C–C–N with tert-alkyl or cyclic N) is 1. The third-order valence-corrected chi connectivity index (χ3v) is 2.55. The number of anilines is 2. The molecule has 5 nitrogen and oxygen atoms in total. The van der Waals surface area contributed by atoms with Gasteiger partial charge < -0.3 is 15.7 Å². The number of nitrogens with zero attached hydrogens (tertiary/aromatic N) is 3. The van der Waals surface area contributed by atoms with Gasteiger partial charge in [0.2, 0.25) is 0 Å². The molecular formula is C10H12N4O. The molecule has 1 fully saturated rings. The Morgan fingerprint density at radius 3 is 3.07 bits per heavy atom. The van der Waals surface area contributed by atoms with Crippen LogP contribution in [0.5, 0.6) is 0 Å². The first-order valence-electron chi connectivity index (χ1n) is 4.80. The van der Waals surface area contributed by atoms with E-state index in [0.29, 0.717) is 23.6 Å². The number of hydrogen-bond donors (Lipinski definition) is 2. The molecule has 0 amide bonds. The molecule has 0 aliphatic carbocycles. The van der Waals surface area contributed by atoms with Crippen LogP contribution in [0.15, 0.2) is 12.3 Å². The zero-order valence-electron chi connectivity index (χ0n) is 8.22. The number of rotatable bonds is 1. The highest BCUT2D eigenvalue weighted by molar-refractivity contribution is 5.70. The van der Waals surface area contributed by atoms with Gasteiger partial charge in [-0.1, -0.05) is 0 Å². The summed E-state index contributed by atoms with van der Waals surface area (Å²) in [5.41, 5.74) is 6.64. The molecule has 0 radical (unpaired) electrons. The van der Waals surface area contributed by atoms with E-state index in [4.69, 9.17) is 11.0 Å². The van der Waals surface area contributed by atoms with Crippen molar-refractivity contribution in [3.8, 4) is 6.07 Å². The maximum absolute atomic E-state index is 9.40. The minimum absolute atomic E-state index is 0.322. The van der Waals surface area contributed by atoms with Gasteiger partial charge in [-0.25, -0.2) is 4.98 Å². The van der Waals surface area contributed by atoms with Crippen molar-refractivity contribution in [2.75, 3.05) is 23.7 Å². The molecule has 1 aromatic heterocycles. The maximum Gasteiger partial charge on any atom is 0.153 e. The molecule has 78 valence electrons. The summed E-state index contributed by atoms with van der Waals surface area (Å²) in [5, 5.41) is 18.2. The highest BCUT2D eigenvalue weighted by Crippen LogP contribution is 2.26. The van der Waals surface area contributed by atoms with Gasteiger partial charge >= 0.3 is 0 Å². The van der Waals surface area contributed by atoms with Gasteiger partial charge in [0.1, 0.15) is 6.07 Å². The Morgan fingerprint density at radius 2 is 2.47 bits per heavy atom.